The van der Waals surface area contributed by atoms with Crippen molar-refractivity contribution in [3.8, 4) is 11.4 Å². The third-order valence-electron chi connectivity index (χ3n) is 5.46. The SMILES string of the molecule is c1cc2ncc(-c3nc(Nc4ccc(N5CCOCC5)cc4)c4[nH]ncc4n3)cc2[nH]1. The van der Waals surface area contributed by atoms with Crippen LogP contribution < -0.4 is 10.2 Å². The number of pyridine rings is 1. The van der Waals surface area contributed by atoms with Crippen LogP contribution in [-0.4, -0.2) is 56.4 Å². The number of morpholine rings is 1. The van der Waals surface area contributed by atoms with Gasteiger partial charge >= 0.3 is 0 Å². The summed E-state index contributed by atoms with van der Waals surface area (Å²) in [5.41, 5.74) is 6.32. The highest BCUT2D eigenvalue weighted by Gasteiger charge is 2.14. The molecule has 1 saturated heterocycles. The summed E-state index contributed by atoms with van der Waals surface area (Å²) in [6.07, 6.45) is 5.36. The van der Waals surface area contributed by atoms with Gasteiger partial charge in [0.25, 0.3) is 0 Å². The molecule has 9 heteroatoms. The van der Waals surface area contributed by atoms with E-state index in [2.05, 4.69) is 59.6 Å². The molecule has 5 heterocycles. The van der Waals surface area contributed by atoms with E-state index in [1.54, 1.807) is 12.4 Å². The summed E-state index contributed by atoms with van der Waals surface area (Å²) in [7, 11) is 0. The van der Waals surface area contributed by atoms with Crippen LogP contribution in [0.3, 0.4) is 0 Å². The van der Waals surface area contributed by atoms with Crippen molar-refractivity contribution >= 4 is 39.3 Å². The van der Waals surface area contributed by atoms with Gasteiger partial charge in [0.1, 0.15) is 11.0 Å². The van der Waals surface area contributed by atoms with Gasteiger partial charge in [-0.15, -0.1) is 0 Å². The Morgan fingerprint density at radius 3 is 2.71 bits per heavy atom. The fraction of sp³-hybridized carbons (Fsp3) is 0.182. The van der Waals surface area contributed by atoms with Gasteiger partial charge in [-0.1, -0.05) is 0 Å². The highest BCUT2D eigenvalue weighted by molar-refractivity contribution is 5.89. The molecule has 0 aliphatic carbocycles. The Morgan fingerprint density at radius 2 is 1.84 bits per heavy atom. The third kappa shape index (κ3) is 3.34. The van der Waals surface area contributed by atoms with Crippen molar-refractivity contribution in [1.29, 1.82) is 0 Å². The number of fused-ring (bicyclic) bond motifs is 2. The minimum Gasteiger partial charge on any atom is -0.378 e. The van der Waals surface area contributed by atoms with Gasteiger partial charge in [0.2, 0.25) is 0 Å². The number of anilines is 3. The van der Waals surface area contributed by atoms with Crippen LogP contribution in [0.2, 0.25) is 0 Å². The predicted octanol–water partition coefficient (Wildman–Crippen LogP) is 3.48. The third-order valence-corrected chi connectivity index (χ3v) is 5.46. The van der Waals surface area contributed by atoms with Gasteiger partial charge in [-0.3, -0.25) is 10.1 Å². The first-order valence-corrected chi connectivity index (χ1v) is 10.2. The fourth-order valence-electron chi connectivity index (χ4n) is 3.83. The monoisotopic (exact) mass is 412 g/mol. The van der Waals surface area contributed by atoms with Crippen molar-refractivity contribution in [2.75, 3.05) is 36.5 Å². The average Bonchev–Trinajstić information content (AvgIpc) is 3.49. The van der Waals surface area contributed by atoms with Crippen LogP contribution in [0.25, 0.3) is 33.5 Å². The van der Waals surface area contributed by atoms with E-state index in [9.17, 15) is 0 Å². The average molecular weight is 412 g/mol. The Kier molecular flexibility index (Phi) is 4.24. The van der Waals surface area contributed by atoms with Gasteiger partial charge in [-0.05, 0) is 36.4 Å². The molecule has 1 aromatic carbocycles. The van der Waals surface area contributed by atoms with Crippen molar-refractivity contribution in [3.05, 3.63) is 55.0 Å². The minimum atomic E-state index is 0.588. The van der Waals surface area contributed by atoms with E-state index in [4.69, 9.17) is 9.72 Å². The van der Waals surface area contributed by atoms with E-state index in [-0.39, 0.29) is 0 Å². The number of nitrogens with one attached hydrogen (secondary N) is 3. The number of H-pyrrole nitrogens is 2. The van der Waals surface area contributed by atoms with Gasteiger partial charge < -0.3 is 19.9 Å². The molecule has 0 unspecified atom stereocenters. The zero-order chi connectivity index (χ0) is 20.6. The number of aromatic amines is 2. The first-order chi connectivity index (χ1) is 15.3. The molecular weight excluding hydrogens is 392 g/mol. The lowest BCUT2D eigenvalue weighted by Gasteiger charge is -2.28. The largest absolute Gasteiger partial charge is 0.378 e. The number of aromatic nitrogens is 6. The molecule has 0 amide bonds. The van der Waals surface area contributed by atoms with Crippen LogP contribution in [0.4, 0.5) is 17.2 Å². The molecule has 1 fully saturated rings. The van der Waals surface area contributed by atoms with E-state index in [1.165, 1.54) is 5.69 Å². The molecule has 9 nitrogen and oxygen atoms in total. The highest BCUT2D eigenvalue weighted by atomic mass is 16.5. The summed E-state index contributed by atoms with van der Waals surface area (Å²) in [6.45, 7) is 3.36. The molecule has 0 saturated carbocycles. The van der Waals surface area contributed by atoms with Gasteiger partial charge in [-0.2, -0.15) is 5.10 Å². The first kappa shape index (κ1) is 17.8. The maximum absolute atomic E-state index is 5.44. The Morgan fingerprint density at radius 1 is 0.968 bits per heavy atom. The smallest absolute Gasteiger partial charge is 0.164 e. The van der Waals surface area contributed by atoms with E-state index in [1.807, 2.05) is 18.3 Å². The lowest BCUT2D eigenvalue weighted by molar-refractivity contribution is 0.122. The number of rotatable bonds is 4. The molecule has 0 atom stereocenters. The molecule has 1 aliphatic heterocycles. The first-order valence-electron chi connectivity index (χ1n) is 10.2. The van der Waals surface area contributed by atoms with Crippen molar-refractivity contribution < 1.29 is 4.74 Å². The van der Waals surface area contributed by atoms with Crippen molar-refractivity contribution in [2.24, 2.45) is 0 Å². The van der Waals surface area contributed by atoms with Gasteiger partial charge in [-0.25, -0.2) is 9.97 Å². The fourth-order valence-corrected chi connectivity index (χ4v) is 3.83. The van der Waals surface area contributed by atoms with Gasteiger partial charge in [0.15, 0.2) is 11.6 Å². The molecule has 154 valence electrons. The van der Waals surface area contributed by atoms with E-state index < -0.39 is 0 Å². The molecule has 4 aromatic heterocycles. The maximum atomic E-state index is 5.44. The van der Waals surface area contributed by atoms with Gasteiger partial charge in [0.05, 0.1) is 30.4 Å². The van der Waals surface area contributed by atoms with Crippen LogP contribution in [0.5, 0.6) is 0 Å². The maximum Gasteiger partial charge on any atom is 0.164 e. The summed E-state index contributed by atoms with van der Waals surface area (Å²) in [5.74, 6) is 1.26. The second-order valence-electron chi connectivity index (χ2n) is 7.43. The Balaban J connectivity index is 1.33. The second-order valence-corrected chi connectivity index (χ2v) is 7.43. The quantitative estimate of drug-likeness (QED) is 0.415. The molecule has 5 aromatic rings. The molecule has 0 bridgehead atoms. The zero-order valence-electron chi connectivity index (χ0n) is 16.7. The van der Waals surface area contributed by atoms with Crippen LogP contribution in [0, 0.1) is 0 Å². The summed E-state index contributed by atoms with van der Waals surface area (Å²) in [4.78, 5) is 19.4. The Bertz CT molecular complexity index is 1350. The van der Waals surface area contributed by atoms with E-state index in [0.29, 0.717) is 11.6 Å². The normalized spacial score (nSPS) is 14.4. The molecule has 0 radical (unpaired) electrons. The van der Waals surface area contributed by atoms with Crippen molar-refractivity contribution in [2.45, 2.75) is 0 Å². The second kappa shape index (κ2) is 7.37. The van der Waals surface area contributed by atoms with E-state index in [0.717, 1.165) is 59.6 Å². The molecule has 1 aliphatic rings. The highest BCUT2D eigenvalue weighted by Crippen LogP contribution is 2.28. The number of hydrogen-bond donors (Lipinski definition) is 3. The van der Waals surface area contributed by atoms with Crippen molar-refractivity contribution in [1.82, 2.24) is 30.1 Å². The molecule has 0 spiro atoms. The molecule has 31 heavy (non-hydrogen) atoms. The van der Waals surface area contributed by atoms with Crippen LogP contribution in [0.15, 0.2) is 55.0 Å². The molecule has 3 N–H and O–H groups in total. The lowest BCUT2D eigenvalue weighted by Crippen LogP contribution is -2.36. The zero-order valence-corrected chi connectivity index (χ0v) is 16.7. The van der Waals surface area contributed by atoms with Crippen LogP contribution in [0.1, 0.15) is 0 Å². The topological polar surface area (TPSA) is 108 Å². The molecular formula is C22H20N8O. The minimum absolute atomic E-state index is 0.588. The standard InChI is InChI=1S/C22H20N8O/c1-3-16(30-7-9-31-10-8-30)4-2-15(1)26-22-20-19(13-25-29-20)27-21(28-22)14-11-18-17(24-12-14)5-6-23-18/h1-6,11-13,23H,7-10H2,(H,25,29)(H,26,27,28). The Hall–Kier alpha value is -3.98. The number of nitrogens with zero attached hydrogens (tertiary/aromatic N) is 5. The Labute approximate surface area is 177 Å². The van der Waals surface area contributed by atoms with Crippen LogP contribution >= 0.6 is 0 Å². The summed E-state index contributed by atoms with van der Waals surface area (Å²) in [6, 6.07) is 12.3. The van der Waals surface area contributed by atoms with E-state index >= 15 is 0 Å². The van der Waals surface area contributed by atoms with Crippen LogP contribution in [-0.2, 0) is 4.74 Å². The number of benzene rings is 1. The lowest BCUT2D eigenvalue weighted by atomic mass is 10.2. The molecule has 6 rings (SSSR count). The summed E-state index contributed by atoms with van der Waals surface area (Å²) in [5, 5.41) is 10.6. The number of ether oxygens (including phenoxy) is 1. The number of hydrogen-bond acceptors (Lipinski definition) is 7. The van der Waals surface area contributed by atoms with Gasteiger partial charge in [0, 0.05) is 42.4 Å². The predicted molar refractivity (Wildman–Crippen MR) is 120 cm³/mol. The summed E-state index contributed by atoms with van der Waals surface area (Å²) < 4.78 is 5.44. The van der Waals surface area contributed by atoms with Crippen molar-refractivity contribution in [3.63, 3.8) is 0 Å². The summed E-state index contributed by atoms with van der Waals surface area (Å²) >= 11 is 0.